The molecule has 2 N–H and O–H groups in total. The molecule has 1 aliphatic heterocycles. The number of phenolic OH excluding ortho intramolecular Hbond substituents is 2. The third-order valence-corrected chi connectivity index (χ3v) is 3.54. The second-order valence-electron chi connectivity index (χ2n) is 5.21. The van der Waals surface area contributed by atoms with E-state index in [0.717, 1.165) is 5.56 Å². The molecule has 0 amide bonds. The van der Waals surface area contributed by atoms with Crippen LogP contribution < -0.4 is 4.74 Å². The quantitative estimate of drug-likeness (QED) is 0.389. The summed E-state index contributed by atoms with van der Waals surface area (Å²) in [5.41, 5.74) is 1.79. The molecule has 0 atom stereocenters. The number of carbonyl (C=O) groups excluding carboxylic acids is 2. The predicted octanol–water partition coefficient (Wildman–Crippen LogP) is 2.43. The fraction of sp³-hybridized carbons (Fsp3) is 0.111. The van der Waals surface area contributed by atoms with E-state index in [9.17, 15) is 19.8 Å². The molecule has 6 nitrogen and oxygen atoms in total. The van der Waals surface area contributed by atoms with Gasteiger partial charge in [0.1, 0.15) is 5.75 Å². The Morgan fingerprint density at radius 2 is 1.96 bits per heavy atom. The van der Waals surface area contributed by atoms with Crippen LogP contribution >= 0.6 is 0 Å². The SMILES string of the molecule is O=C(C=Cc1ccc(O)c(O)c1)Oc1ccc2c(c1)C(=O)OCC2. The summed E-state index contributed by atoms with van der Waals surface area (Å²) in [5.74, 6) is -1.33. The first-order chi connectivity index (χ1) is 11.5. The summed E-state index contributed by atoms with van der Waals surface area (Å²) in [5, 5.41) is 18.6. The van der Waals surface area contributed by atoms with Gasteiger partial charge >= 0.3 is 11.9 Å². The Morgan fingerprint density at radius 3 is 2.75 bits per heavy atom. The van der Waals surface area contributed by atoms with Crippen molar-refractivity contribution in [1.82, 2.24) is 0 Å². The Balaban J connectivity index is 1.70. The molecule has 0 unspecified atom stereocenters. The Kier molecular flexibility index (Phi) is 4.20. The van der Waals surface area contributed by atoms with Crippen molar-refractivity contribution in [1.29, 1.82) is 0 Å². The van der Waals surface area contributed by atoms with Gasteiger partial charge in [-0.15, -0.1) is 0 Å². The Morgan fingerprint density at radius 1 is 1.12 bits per heavy atom. The molecule has 0 saturated carbocycles. The van der Waals surface area contributed by atoms with Gasteiger partial charge in [0.2, 0.25) is 0 Å². The van der Waals surface area contributed by atoms with Crippen molar-refractivity contribution in [3.63, 3.8) is 0 Å². The molecule has 1 aliphatic rings. The number of carbonyl (C=O) groups is 2. The van der Waals surface area contributed by atoms with Gasteiger partial charge in [0.25, 0.3) is 0 Å². The van der Waals surface area contributed by atoms with Crippen LogP contribution in [-0.4, -0.2) is 28.8 Å². The van der Waals surface area contributed by atoms with Crippen LogP contribution in [0.5, 0.6) is 17.2 Å². The van der Waals surface area contributed by atoms with E-state index in [2.05, 4.69) is 0 Å². The number of hydrogen-bond donors (Lipinski definition) is 2. The van der Waals surface area contributed by atoms with Crippen LogP contribution in [0.3, 0.4) is 0 Å². The van der Waals surface area contributed by atoms with Gasteiger partial charge in [-0.1, -0.05) is 12.1 Å². The topological polar surface area (TPSA) is 93.1 Å². The van der Waals surface area contributed by atoms with Crippen LogP contribution in [0.25, 0.3) is 6.08 Å². The number of benzene rings is 2. The molecule has 2 aromatic rings. The summed E-state index contributed by atoms with van der Waals surface area (Å²) >= 11 is 0. The number of aromatic hydroxyl groups is 2. The van der Waals surface area contributed by atoms with Gasteiger partial charge in [-0.3, -0.25) is 0 Å². The number of ether oxygens (including phenoxy) is 2. The molecule has 122 valence electrons. The maximum absolute atomic E-state index is 11.9. The van der Waals surface area contributed by atoms with E-state index in [0.29, 0.717) is 24.2 Å². The van der Waals surface area contributed by atoms with Gasteiger partial charge in [-0.2, -0.15) is 0 Å². The van der Waals surface area contributed by atoms with E-state index in [1.54, 1.807) is 12.1 Å². The molecule has 0 saturated heterocycles. The largest absolute Gasteiger partial charge is 0.504 e. The van der Waals surface area contributed by atoms with Crippen molar-refractivity contribution in [2.24, 2.45) is 0 Å². The molecule has 0 bridgehead atoms. The van der Waals surface area contributed by atoms with Crippen LogP contribution in [0.2, 0.25) is 0 Å². The van der Waals surface area contributed by atoms with Crippen LogP contribution in [-0.2, 0) is 16.0 Å². The van der Waals surface area contributed by atoms with E-state index < -0.39 is 11.9 Å². The maximum Gasteiger partial charge on any atom is 0.338 e. The second-order valence-corrected chi connectivity index (χ2v) is 5.21. The van der Waals surface area contributed by atoms with Gasteiger partial charge in [-0.05, 0) is 41.5 Å². The Bertz CT molecular complexity index is 837. The van der Waals surface area contributed by atoms with Crippen molar-refractivity contribution in [3.05, 3.63) is 59.2 Å². The third-order valence-electron chi connectivity index (χ3n) is 3.54. The zero-order valence-electron chi connectivity index (χ0n) is 12.6. The number of rotatable bonds is 3. The van der Waals surface area contributed by atoms with Crippen LogP contribution in [0.1, 0.15) is 21.5 Å². The molecule has 0 spiro atoms. The molecular formula is C18H14O6. The molecule has 0 radical (unpaired) electrons. The van der Waals surface area contributed by atoms with Gasteiger partial charge in [0.15, 0.2) is 11.5 Å². The highest BCUT2D eigenvalue weighted by atomic mass is 16.5. The monoisotopic (exact) mass is 326 g/mol. The minimum Gasteiger partial charge on any atom is -0.504 e. The van der Waals surface area contributed by atoms with E-state index in [1.807, 2.05) is 0 Å². The van der Waals surface area contributed by atoms with E-state index >= 15 is 0 Å². The summed E-state index contributed by atoms with van der Waals surface area (Å²) in [6.45, 7) is 0.354. The highest BCUT2D eigenvalue weighted by Crippen LogP contribution is 2.25. The molecule has 2 aromatic carbocycles. The maximum atomic E-state index is 11.9. The Hall–Kier alpha value is -3.28. The lowest BCUT2D eigenvalue weighted by atomic mass is 10.0. The van der Waals surface area contributed by atoms with Crippen molar-refractivity contribution in [2.45, 2.75) is 6.42 Å². The minimum absolute atomic E-state index is 0.240. The molecule has 0 fully saturated rings. The molecule has 3 rings (SSSR count). The zero-order valence-corrected chi connectivity index (χ0v) is 12.6. The molecule has 1 heterocycles. The van der Waals surface area contributed by atoms with Crippen LogP contribution in [0.4, 0.5) is 0 Å². The number of phenols is 2. The smallest absolute Gasteiger partial charge is 0.338 e. The standard InChI is InChI=1S/C18H14O6/c19-15-5-1-11(9-16(15)20)2-6-17(21)24-13-4-3-12-7-8-23-18(22)14(12)10-13/h1-6,9-10,19-20H,7-8H2. The minimum atomic E-state index is -0.633. The Labute approximate surface area is 137 Å². The fourth-order valence-corrected chi connectivity index (χ4v) is 2.32. The summed E-state index contributed by atoms with van der Waals surface area (Å²) < 4.78 is 10.1. The fourth-order valence-electron chi connectivity index (χ4n) is 2.32. The average Bonchev–Trinajstić information content (AvgIpc) is 2.57. The molecule has 0 aromatic heterocycles. The highest BCUT2D eigenvalue weighted by molar-refractivity contribution is 5.93. The zero-order chi connectivity index (χ0) is 17.1. The molecule has 6 heteroatoms. The lowest BCUT2D eigenvalue weighted by molar-refractivity contribution is -0.128. The van der Waals surface area contributed by atoms with Crippen molar-refractivity contribution >= 4 is 18.0 Å². The first kappa shape index (κ1) is 15.6. The summed E-state index contributed by atoms with van der Waals surface area (Å²) in [6.07, 6.45) is 3.26. The summed E-state index contributed by atoms with van der Waals surface area (Å²) in [6, 6.07) is 9.00. The van der Waals surface area contributed by atoms with Crippen molar-refractivity contribution in [3.8, 4) is 17.2 Å². The summed E-state index contributed by atoms with van der Waals surface area (Å²) in [4.78, 5) is 23.5. The average molecular weight is 326 g/mol. The van der Waals surface area contributed by atoms with E-state index in [1.165, 1.54) is 36.4 Å². The van der Waals surface area contributed by atoms with Gasteiger partial charge in [-0.25, -0.2) is 9.59 Å². The van der Waals surface area contributed by atoms with Gasteiger partial charge in [0.05, 0.1) is 12.2 Å². The third kappa shape index (κ3) is 3.38. The van der Waals surface area contributed by atoms with Crippen molar-refractivity contribution < 1.29 is 29.3 Å². The molecule has 0 aliphatic carbocycles. The normalized spacial score (nSPS) is 13.4. The highest BCUT2D eigenvalue weighted by Gasteiger charge is 2.19. The number of fused-ring (bicyclic) bond motifs is 1. The summed E-state index contributed by atoms with van der Waals surface area (Å²) in [7, 11) is 0. The van der Waals surface area contributed by atoms with Crippen LogP contribution in [0.15, 0.2) is 42.5 Å². The van der Waals surface area contributed by atoms with Gasteiger partial charge < -0.3 is 19.7 Å². The first-order valence-electron chi connectivity index (χ1n) is 7.25. The second kappa shape index (κ2) is 6.45. The first-order valence-corrected chi connectivity index (χ1v) is 7.25. The number of hydrogen-bond acceptors (Lipinski definition) is 6. The van der Waals surface area contributed by atoms with Gasteiger partial charge in [0, 0.05) is 12.5 Å². The van der Waals surface area contributed by atoms with Crippen molar-refractivity contribution in [2.75, 3.05) is 6.61 Å². The van der Waals surface area contributed by atoms with Crippen LogP contribution in [0, 0.1) is 0 Å². The number of esters is 2. The lowest BCUT2D eigenvalue weighted by Gasteiger charge is -2.15. The molecule has 24 heavy (non-hydrogen) atoms. The predicted molar refractivity (Wildman–Crippen MR) is 84.9 cm³/mol. The molecular weight excluding hydrogens is 312 g/mol. The van der Waals surface area contributed by atoms with E-state index in [-0.39, 0.29) is 17.2 Å². The lowest BCUT2D eigenvalue weighted by Crippen LogP contribution is -2.17. The number of cyclic esters (lactones) is 1. The van der Waals surface area contributed by atoms with E-state index in [4.69, 9.17) is 9.47 Å².